The van der Waals surface area contributed by atoms with Crippen LogP contribution in [0.3, 0.4) is 0 Å². The Bertz CT molecular complexity index is 435. The van der Waals surface area contributed by atoms with Crippen LogP contribution in [0.25, 0.3) is 0 Å². The summed E-state index contributed by atoms with van der Waals surface area (Å²) in [5.41, 5.74) is 2.53. The fraction of sp³-hybridized carbons (Fsp3) is 0.545. The van der Waals surface area contributed by atoms with Crippen LogP contribution in [0, 0.1) is 11.3 Å². The van der Waals surface area contributed by atoms with Crippen LogP contribution in [0.5, 0.6) is 0 Å². The van der Waals surface area contributed by atoms with Crippen LogP contribution in [0.15, 0.2) is 6.07 Å². The molecule has 3 N–H and O–H groups in total. The molecular weight excluding hydrogens is 232 g/mol. The monoisotopic (exact) mass is 248 g/mol. The topological polar surface area (TPSA) is 100 Å². The van der Waals surface area contributed by atoms with Crippen LogP contribution >= 0.6 is 0 Å². The molecule has 1 aromatic heterocycles. The van der Waals surface area contributed by atoms with E-state index < -0.39 is 6.10 Å². The van der Waals surface area contributed by atoms with Crippen LogP contribution in [0.1, 0.15) is 12.7 Å². The number of hydrogen-bond donors (Lipinski definition) is 2. The van der Waals surface area contributed by atoms with Crippen molar-refractivity contribution in [2.45, 2.75) is 19.4 Å². The Hall–Kier alpha value is -1.91. The molecule has 2 rings (SSSR count). The molecule has 1 fully saturated rings. The zero-order chi connectivity index (χ0) is 13.0. The minimum Gasteiger partial charge on any atom is -0.360 e. The lowest BCUT2D eigenvalue weighted by atomic mass is 10.3. The van der Waals surface area contributed by atoms with Gasteiger partial charge in [0.1, 0.15) is 17.5 Å². The molecule has 7 heteroatoms. The van der Waals surface area contributed by atoms with E-state index in [9.17, 15) is 0 Å². The second-order valence-corrected chi connectivity index (χ2v) is 3.96. The van der Waals surface area contributed by atoms with E-state index in [0.29, 0.717) is 25.5 Å². The van der Waals surface area contributed by atoms with Crippen molar-refractivity contribution in [1.82, 2.24) is 9.97 Å². The van der Waals surface area contributed by atoms with Crippen molar-refractivity contribution in [2.75, 3.05) is 30.0 Å². The summed E-state index contributed by atoms with van der Waals surface area (Å²) in [6, 6.07) is 3.89. The molecule has 7 nitrogen and oxygen atoms in total. The second kappa shape index (κ2) is 5.62. The summed E-state index contributed by atoms with van der Waals surface area (Å²) in [6.07, 6.45) is 0.322. The van der Waals surface area contributed by atoms with Gasteiger partial charge in [-0.1, -0.05) is 6.92 Å². The zero-order valence-electron chi connectivity index (χ0n) is 10.3. The first-order valence-electron chi connectivity index (χ1n) is 5.87. The number of nitrogen functional groups attached to an aromatic ring is 1. The fourth-order valence-corrected chi connectivity index (χ4v) is 1.81. The van der Waals surface area contributed by atoms with Crippen molar-refractivity contribution in [3.05, 3.63) is 11.9 Å². The first-order chi connectivity index (χ1) is 8.76. The maximum absolute atomic E-state index is 8.89. The van der Waals surface area contributed by atoms with Crippen molar-refractivity contribution in [2.24, 2.45) is 5.84 Å². The molecule has 0 radical (unpaired) electrons. The number of anilines is 2. The summed E-state index contributed by atoms with van der Waals surface area (Å²) in [4.78, 5) is 10.7. The van der Waals surface area contributed by atoms with Crippen LogP contribution in [0.2, 0.25) is 0 Å². The van der Waals surface area contributed by atoms with Gasteiger partial charge in [0.2, 0.25) is 0 Å². The van der Waals surface area contributed by atoms with E-state index in [1.165, 1.54) is 0 Å². The van der Waals surface area contributed by atoms with Gasteiger partial charge < -0.3 is 15.1 Å². The number of aromatic nitrogens is 2. The minimum absolute atomic E-state index is 0.409. The van der Waals surface area contributed by atoms with Gasteiger partial charge in [0.05, 0.1) is 19.2 Å². The number of aryl methyl sites for hydroxylation is 1. The lowest BCUT2D eigenvalue weighted by molar-refractivity contribution is 0.0761. The molecular formula is C11H16N6O. The maximum atomic E-state index is 8.89. The first-order valence-corrected chi connectivity index (χ1v) is 5.87. The minimum atomic E-state index is -0.409. The van der Waals surface area contributed by atoms with Gasteiger partial charge in [-0.2, -0.15) is 5.26 Å². The zero-order valence-corrected chi connectivity index (χ0v) is 10.3. The third-order valence-corrected chi connectivity index (χ3v) is 2.76. The van der Waals surface area contributed by atoms with E-state index in [2.05, 4.69) is 21.5 Å². The van der Waals surface area contributed by atoms with Crippen LogP contribution in [-0.2, 0) is 11.2 Å². The summed E-state index contributed by atoms with van der Waals surface area (Å²) < 4.78 is 5.31. The van der Waals surface area contributed by atoms with Crippen molar-refractivity contribution in [1.29, 1.82) is 5.26 Å². The molecule has 1 unspecified atom stereocenters. The summed E-state index contributed by atoms with van der Waals surface area (Å²) in [7, 11) is 0. The number of hydrazine groups is 1. The molecule has 18 heavy (non-hydrogen) atoms. The van der Waals surface area contributed by atoms with E-state index in [4.69, 9.17) is 15.8 Å². The van der Waals surface area contributed by atoms with E-state index in [-0.39, 0.29) is 0 Å². The highest BCUT2D eigenvalue weighted by molar-refractivity contribution is 5.49. The van der Waals surface area contributed by atoms with E-state index in [1.807, 2.05) is 11.8 Å². The third-order valence-electron chi connectivity index (χ3n) is 2.76. The number of morpholine rings is 1. The maximum Gasteiger partial charge on any atom is 0.161 e. The highest BCUT2D eigenvalue weighted by Crippen LogP contribution is 2.18. The smallest absolute Gasteiger partial charge is 0.161 e. The molecule has 1 aromatic rings. The van der Waals surface area contributed by atoms with Crippen LogP contribution in [-0.4, -0.2) is 35.8 Å². The van der Waals surface area contributed by atoms with Gasteiger partial charge in [0.25, 0.3) is 0 Å². The number of nitrogens with one attached hydrogen (secondary N) is 1. The van der Waals surface area contributed by atoms with E-state index in [0.717, 1.165) is 18.1 Å². The van der Waals surface area contributed by atoms with E-state index in [1.54, 1.807) is 6.07 Å². The summed E-state index contributed by atoms with van der Waals surface area (Å²) in [6.45, 7) is 3.73. The first kappa shape index (κ1) is 12.5. The summed E-state index contributed by atoms with van der Waals surface area (Å²) in [5, 5.41) is 8.89. The van der Waals surface area contributed by atoms with Gasteiger partial charge in [-0.3, -0.25) is 0 Å². The highest BCUT2D eigenvalue weighted by Gasteiger charge is 2.21. The lowest BCUT2D eigenvalue weighted by Crippen LogP contribution is -2.42. The molecule has 1 aliphatic rings. The Morgan fingerprint density at radius 3 is 3.17 bits per heavy atom. The molecule has 1 saturated heterocycles. The molecule has 0 bridgehead atoms. The van der Waals surface area contributed by atoms with Crippen molar-refractivity contribution < 1.29 is 4.74 Å². The number of ether oxygens (including phenoxy) is 1. The Labute approximate surface area is 106 Å². The Morgan fingerprint density at radius 2 is 2.50 bits per heavy atom. The SMILES string of the molecule is CCc1nc(NN)cc(N2CCOC(C#N)C2)n1. The number of rotatable bonds is 3. The molecule has 0 spiro atoms. The molecule has 0 amide bonds. The lowest BCUT2D eigenvalue weighted by Gasteiger charge is -2.30. The van der Waals surface area contributed by atoms with Gasteiger partial charge in [-0.05, 0) is 0 Å². The summed E-state index contributed by atoms with van der Waals surface area (Å²) >= 11 is 0. The largest absolute Gasteiger partial charge is 0.360 e. The van der Waals surface area contributed by atoms with Crippen molar-refractivity contribution in [3.63, 3.8) is 0 Å². The standard InChI is InChI=1S/C11H16N6O/c1-2-9-14-10(16-13)5-11(15-9)17-3-4-18-8(6-12)7-17/h5,8H,2-4,7,13H2,1H3,(H,14,15,16). The quantitative estimate of drug-likeness (QED) is 0.576. The fourth-order valence-electron chi connectivity index (χ4n) is 1.81. The number of hydrogen-bond acceptors (Lipinski definition) is 7. The Morgan fingerprint density at radius 1 is 1.67 bits per heavy atom. The molecule has 2 heterocycles. The van der Waals surface area contributed by atoms with Crippen molar-refractivity contribution >= 4 is 11.6 Å². The van der Waals surface area contributed by atoms with Gasteiger partial charge in [-0.25, -0.2) is 15.8 Å². The normalized spacial score (nSPS) is 19.4. The Kier molecular flexibility index (Phi) is 3.92. The number of nitriles is 1. The molecule has 1 atom stereocenters. The molecule has 96 valence electrons. The Balaban J connectivity index is 2.24. The number of nitrogens with zero attached hydrogens (tertiary/aromatic N) is 4. The highest BCUT2D eigenvalue weighted by atomic mass is 16.5. The van der Waals surface area contributed by atoms with Crippen LogP contribution < -0.4 is 16.2 Å². The average molecular weight is 248 g/mol. The summed E-state index contributed by atoms with van der Waals surface area (Å²) in [5.74, 6) is 7.47. The number of nitrogens with two attached hydrogens (primary N) is 1. The van der Waals surface area contributed by atoms with Gasteiger partial charge >= 0.3 is 0 Å². The third kappa shape index (κ3) is 2.67. The predicted octanol–water partition coefficient (Wildman–Crippen LogP) is 0.0534. The van der Waals surface area contributed by atoms with Crippen LogP contribution in [0.4, 0.5) is 11.6 Å². The molecule has 0 aliphatic carbocycles. The van der Waals surface area contributed by atoms with E-state index >= 15 is 0 Å². The van der Waals surface area contributed by atoms with Gasteiger partial charge in [-0.15, -0.1) is 0 Å². The van der Waals surface area contributed by atoms with Gasteiger partial charge in [0.15, 0.2) is 6.10 Å². The second-order valence-electron chi connectivity index (χ2n) is 3.96. The van der Waals surface area contributed by atoms with Crippen molar-refractivity contribution in [3.8, 4) is 6.07 Å². The predicted molar refractivity (Wildman–Crippen MR) is 66.8 cm³/mol. The molecule has 0 aromatic carbocycles. The molecule has 1 aliphatic heterocycles. The molecule has 0 saturated carbocycles. The van der Waals surface area contributed by atoms with Gasteiger partial charge in [0, 0.05) is 19.0 Å². The average Bonchev–Trinajstić information content (AvgIpc) is 2.46.